The molecule has 0 heterocycles. The van der Waals surface area contributed by atoms with Crippen LogP contribution in [0.4, 0.5) is 0 Å². The monoisotopic (exact) mass is 309 g/mol. The highest BCUT2D eigenvalue weighted by atomic mass is 16.6. The Hall–Kier alpha value is -1.59. The Morgan fingerprint density at radius 1 is 1.05 bits per heavy atom. The Bertz CT molecular complexity index is 362. The number of esters is 2. The summed E-state index contributed by atoms with van der Waals surface area (Å²) in [5.41, 5.74) is 5.29. The van der Waals surface area contributed by atoms with Gasteiger partial charge in [0.25, 0.3) is 0 Å². The first-order valence-electron chi connectivity index (χ1n) is 5.94. The third-order valence-electron chi connectivity index (χ3n) is 2.55. The molecule has 0 rings (SSSR count). The molecular weight excluding hydrogens is 290 g/mol. The molecule has 0 saturated heterocycles. The van der Waals surface area contributed by atoms with E-state index < -0.39 is 42.6 Å². The second kappa shape index (κ2) is 9.37. The van der Waals surface area contributed by atoms with E-state index >= 15 is 0 Å². The smallest absolute Gasteiger partial charge is 0.308 e. The first kappa shape index (κ1) is 19.4. The molecule has 0 aliphatic rings. The SMILES string of the molecule is COC(=O)CCC(=O)OC(N)[C@@H](O)[C@H](O)[C@H](O)[C@@H](O)C=O. The van der Waals surface area contributed by atoms with Gasteiger partial charge in [0.2, 0.25) is 0 Å². The molecule has 122 valence electrons. The van der Waals surface area contributed by atoms with Gasteiger partial charge in [-0.15, -0.1) is 0 Å². The highest BCUT2D eigenvalue weighted by Gasteiger charge is 2.35. The number of hydrogen-bond donors (Lipinski definition) is 5. The van der Waals surface area contributed by atoms with Gasteiger partial charge >= 0.3 is 11.9 Å². The van der Waals surface area contributed by atoms with E-state index in [1.54, 1.807) is 0 Å². The number of ether oxygens (including phenoxy) is 2. The predicted octanol–water partition coefficient (Wildman–Crippen LogP) is -3.59. The van der Waals surface area contributed by atoms with Crippen molar-refractivity contribution in [3.8, 4) is 0 Å². The van der Waals surface area contributed by atoms with E-state index in [2.05, 4.69) is 9.47 Å². The van der Waals surface area contributed by atoms with Gasteiger partial charge in [-0.1, -0.05) is 0 Å². The van der Waals surface area contributed by atoms with Crippen LogP contribution in [0.2, 0.25) is 0 Å². The largest absolute Gasteiger partial charge is 0.469 e. The summed E-state index contributed by atoms with van der Waals surface area (Å²) >= 11 is 0. The van der Waals surface area contributed by atoms with Crippen molar-refractivity contribution in [1.29, 1.82) is 0 Å². The lowest BCUT2D eigenvalue weighted by Gasteiger charge is -2.27. The van der Waals surface area contributed by atoms with Gasteiger partial charge in [-0.25, -0.2) is 0 Å². The molecule has 0 aliphatic heterocycles. The second-order valence-electron chi connectivity index (χ2n) is 4.13. The van der Waals surface area contributed by atoms with E-state index in [1.165, 1.54) is 0 Å². The average molecular weight is 309 g/mol. The number of hydrogen-bond acceptors (Lipinski definition) is 10. The first-order valence-corrected chi connectivity index (χ1v) is 5.94. The maximum Gasteiger partial charge on any atom is 0.308 e. The molecule has 0 amide bonds. The number of aliphatic hydroxyl groups is 4. The zero-order chi connectivity index (χ0) is 16.6. The summed E-state index contributed by atoms with van der Waals surface area (Å²) in [6, 6.07) is 0. The Kier molecular flexibility index (Phi) is 8.66. The quantitative estimate of drug-likeness (QED) is 0.162. The molecule has 6 N–H and O–H groups in total. The Labute approximate surface area is 120 Å². The number of rotatable bonds is 9. The lowest BCUT2D eigenvalue weighted by Crippen LogP contribution is -2.53. The lowest BCUT2D eigenvalue weighted by molar-refractivity contribution is -0.170. The van der Waals surface area contributed by atoms with Gasteiger partial charge in [0.15, 0.2) is 12.5 Å². The zero-order valence-corrected chi connectivity index (χ0v) is 11.3. The number of aldehydes is 1. The summed E-state index contributed by atoms with van der Waals surface area (Å²) < 4.78 is 8.83. The number of aliphatic hydroxyl groups excluding tert-OH is 4. The Balaban J connectivity index is 4.37. The maximum absolute atomic E-state index is 11.3. The van der Waals surface area contributed by atoms with E-state index in [-0.39, 0.29) is 19.1 Å². The van der Waals surface area contributed by atoms with Crippen molar-refractivity contribution in [2.24, 2.45) is 5.73 Å². The fourth-order valence-corrected chi connectivity index (χ4v) is 1.27. The van der Waals surface area contributed by atoms with Gasteiger partial charge in [0.05, 0.1) is 20.0 Å². The standard InChI is InChI=1S/C11H19NO9/c1-20-6(15)2-3-7(16)21-11(12)10(19)9(18)8(17)5(14)4-13/h4-5,8-11,14,17-19H,2-3,12H2,1H3/t5-,8+,9+,10-,11?/m0/s1. The number of carbonyl (C=O) groups excluding carboxylic acids is 3. The summed E-state index contributed by atoms with van der Waals surface area (Å²) in [6.07, 6.45) is -10.3. The van der Waals surface area contributed by atoms with Crippen molar-refractivity contribution < 1.29 is 44.3 Å². The third kappa shape index (κ3) is 6.60. The molecule has 10 nitrogen and oxygen atoms in total. The van der Waals surface area contributed by atoms with Crippen molar-refractivity contribution in [3.63, 3.8) is 0 Å². The molecule has 5 atom stereocenters. The van der Waals surface area contributed by atoms with Crippen LogP contribution < -0.4 is 5.73 Å². The van der Waals surface area contributed by atoms with Gasteiger partial charge < -0.3 is 34.7 Å². The van der Waals surface area contributed by atoms with Crippen molar-refractivity contribution >= 4 is 18.2 Å². The topological polar surface area (TPSA) is 177 Å². The highest BCUT2D eigenvalue weighted by Crippen LogP contribution is 2.08. The number of methoxy groups -OCH3 is 1. The van der Waals surface area contributed by atoms with Gasteiger partial charge in [-0.05, 0) is 0 Å². The molecule has 0 bridgehead atoms. The van der Waals surface area contributed by atoms with Crippen LogP contribution in [-0.4, -0.2) is 76.4 Å². The molecule has 1 unspecified atom stereocenters. The predicted molar refractivity (Wildman–Crippen MR) is 65.4 cm³/mol. The van der Waals surface area contributed by atoms with E-state index in [0.717, 1.165) is 7.11 Å². The third-order valence-corrected chi connectivity index (χ3v) is 2.55. The van der Waals surface area contributed by atoms with Crippen molar-refractivity contribution in [3.05, 3.63) is 0 Å². The van der Waals surface area contributed by atoms with Crippen LogP contribution >= 0.6 is 0 Å². The molecule has 0 fully saturated rings. The minimum Gasteiger partial charge on any atom is -0.469 e. The molecule has 21 heavy (non-hydrogen) atoms. The summed E-state index contributed by atoms with van der Waals surface area (Å²) in [7, 11) is 1.14. The molecule has 0 spiro atoms. The molecule has 0 aromatic rings. The fraction of sp³-hybridized carbons (Fsp3) is 0.727. The summed E-state index contributed by atoms with van der Waals surface area (Å²) in [4.78, 5) is 32.3. The number of carbonyl (C=O) groups is 3. The van der Waals surface area contributed by atoms with Crippen molar-refractivity contribution in [2.75, 3.05) is 7.11 Å². The first-order chi connectivity index (χ1) is 9.74. The fourth-order valence-electron chi connectivity index (χ4n) is 1.27. The van der Waals surface area contributed by atoms with Gasteiger partial charge in [0.1, 0.15) is 24.4 Å². The van der Waals surface area contributed by atoms with Crippen LogP contribution in [0.15, 0.2) is 0 Å². The molecule has 0 aromatic carbocycles. The second-order valence-corrected chi connectivity index (χ2v) is 4.13. The highest BCUT2D eigenvalue weighted by molar-refractivity contribution is 5.77. The summed E-state index contributed by atoms with van der Waals surface area (Å²) in [5, 5.41) is 37.3. The van der Waals surface area contributed by atoms with Crippen LogP contribution in [0.25, 0.3) is 0 Å². The van der Waals surface area contributed by atoms with Crippen LogP contribution in [0.5, 0.6) is 0 Å². The normalized spacial score (nSPS) is 18.0. The Morgan fingerprint density at radius 2 is 1.57 bits per heavy atom. The van der Waals surface area contributed by atoms with Gasteiger partial charge in [0, 0.05) is 0 Å². The van der Waals surface area contributed by atoms with Crippen LogP contribution in [0.1, 0.15) is 12.8 Å². The van der Waals surface area contributed by atoms with Gasteiger partial charge in [-0.2, -0.15) is 0 Å². The van der Waals surface area contributed by atoms with E-state index in [9.17, 15) is 29.7 Å². The van der Waals surface area contributed by atoms with Crippen LogP contribution in [0, 0.1) is 0 Å². The summed E-state index contributed by atoms with van der Waals surface area (Å²) in [6.45, 7) is 0. The minimum atomic E-state index is -2.02. The van der Waals surface area contributed by atoms with E-state index in [1.807, 2.05) is 0 Å². The molecule has 0 aliphatic carbocycles. The molecular formula is C11H19NO9. The van der Waals surface area contributed by atoms with Crippen LogP contribution in [0.3, 0.4) is 0 Å². The molecule has 0 aromatic heterocycles. The summed E-state index contributed by atoms with van der Waals surface area (Å²) in [5.74, 6) is -1.59. The van der Waals surface area contributed by atoms with E-state index in [0.29, 0.717) is 0 Å². The Morgan fingerprint density at radius 3 is 2.05 bits per heavy atom. The van der Waals surface area contributed by atoms with Gasteiger partial charge in [-0.3, -0.25) is 15.3 Å². The molecule has 0 radical (unpaired) electrons. The lowest BCUT2D eigenvalue weighted by atomic mass is 10.0. The van der Waals surface area contributed by atoms with Crippen molar-refractivity contribution in [1.82, 2.24) is 0 Å². The molecule has 10 heteroatoms. The zero-order valence-electron chi connectivity index (χ0n) is 11.3. The average Bonchev–Trinajstić information content (AvgIpc) is 2.49. The maximum atomic E-state index is 11.3. The molecule has 0 saturated carbocycles. The van der Waals surface area contributed by atoms with E-state index in [4.69, 9.17) is 10.8 Å². The minimum absolute atomic E-state index is 0.0471. The van der Waals surface area contributed by atoms with Crippen molar-refractivity contribution in [2.45, 2.75) is 43.5 Å². The number of nitrogens with two attached hydrogens (primary N) is 1. The van der Waals surface area contributed by atoms with Crippen LogP contribution in [-0.2, 0) is 23.9 Å².